The van der Waals surface area contributed by atoms with E-state index in [2.05, 4.69) is 12.6 Å². The van der Waals surface area contributed by atoms with Gasteiger partial charge in [0.2, 0.25) is 0 Å². The molecule has 0 saturated carbocycles. The van der Waals surface area contributed by atoms with Crippen molar-refractivity contribution >= 4 is 18.6 Å². The van der Waals surface area contributed by atoms with Gasteiger partial charge in [0, 0.05) is 4.90 Å². The molecule has 0 saturated heterocycles. The predicted molar refractivity (Wildman–Crippen MR) is 49.6 cm³/mol. The summed E-state index contributed by atoms with van der Waals surface area (Å²) < 4.78 is 17.3. The van der Waals surface area contributed by atoms with E-state index in [1.807, 2.05) is 0 Å². The van der Waals surface area contributed by atoms with Gasteiger partial charge in [0.25, 0.3) is 0 Å². The number of hydrogen-bond acceptors (Lipinski definition) is 3. The van der Waals surface area contributed by atoms with Crippen LogP contribution in [0.1, 0.15) is 17.3 Å². The predicted octanol–water partition coefficient (Wildman–Crippen LogP) is 2.29. The van der Waals surface area contributed by atoms with Crippen LogP contribution in [0.4, 0.5) is 4.39 Å². The molecule has 70 valence electrons. The second-order valence-electron chi connectivity index (χ2n) is 2.38. The highest BCUT2D eigenvalue weighted by Crippen LogP contribution is 2.16. The Labute approximate surface area is 81.1 Å². The van der Waals surface area contributed by atoms with E-state index in [1.165, 1.54) is 18.2 Å². The zero-order chi connectivity index (χ0) is 9.84. The molecule has 0 aliphatic heterocycles. The van der Waals surface area contributed by atoms with Crippen LogP contribution >= 0.6 is 12.6 Å². The zero-order valence-electron chi connectivity index (χ0n) is 7.08. The van der Waals surface area contributed by atoms with E-state index in [4.69, 9.17) is 4.74 Å². The van der Waals surface area contributed by atoms with Gasteiger partial charge in [-0.05, 0) is 25.1 Å². The summed E-state index contributed by atoms with van der Waals surface area (Å²) in [6, 6.07) is 3.73. The first-order valence-corrected chi connectivity index (χ1v) is 4.25. The lowest BCUT2D eigenvalue weighted by Crippen LogP contribution is -2.05. The van der Waals surface area contributed by atoms with Crippen molar-refractivity contribution in [3.05, 3.63) is 29.6 Å². The Balaban J connectivity index is 2.95. The number of halogens is 1. The molecule has 1 aromatic carbocycles. The molecule has 0 aliphatic rings. The lowest BCUT2D eigenvalue weighted by Gasteiger charge is -2.03. The first-order valence-electron chi connectivity index (χ1n) is 3.80. The number of esters is 1. The minimum absolute atomic E-state index is 0.284. The molecule has 4 heteroatoms. The van der Waals surface area contributed by atoms with E-state index in [9.17, 15) is 9.18 Å². The summed E-state index contributed by atoms with van der Waals surface area (Å²) in [5.41, 5.74) is 0.284. The van der Waals surface area contributed by atoms with Gasteiger partial charge in [0.15, 0.2) is 0 Å². The Morgan fingerprint density at radius 2 is 2.31 bits per heavy atom. The molecule has 0 atom stereocenters. The molecule has 0 unspecified atom stereocenters. The normalized spacial score (nSPS) is 9.77. The summed E-state index contributed by atoms with van der Waals surface area (Å²) in [5, 5.41) is 0. The van der Waals surface area contributed by atoms with Crippen LogP contribution in [-0.4, -0.2) is 12.6 Å². The summed E-state index contributed by atoms with van der Waals surface area (Å²) in [6.45, 7) is 2.00. The van der Waals surface area contributed by atoms with E-state index in [-0.39, 0.29) is 5.56 Å². The Morgan fingerprint density at radius 3 is 2.85 bits per heavy atom. The lowest BCUT2D eigenvalue weighted by molar-refractivity contribution is 0.0522. The Bertz CT molecular complexity index is 325. The maximum Gasteiger partial charge on any atom is 0.339 e. The third kappa shape index (κ3) is 2.45. The molecule has 0 amide bonds. The van der Waals surface area contributed by atoms with Crippen LogP contribution in [0.3, 0.4) is 0 Å². The molecule has 0 bridgehead atoms. The van der Waals surface area contributed by atoms with Crippen molar-refractivity contribution < 1.29 is 13.9 Å². The van der Waals surface area contributed by atoms with Crippen LogP contribution in [0.5, 0.6) is 0 Å². The first kappa shape index (κ1) is 10.1. The number of ether oxygens (including phenoxy) is 1. The van der Waals surface area contributed by atoms with Crippen molar-refractivity contribution in [2.75, 3.05) is 6.61 Å². The molecule has 2 nitrogen and oxygen atoms in total. The fourth-order valence-corrected chi connectivity index (χ4v) is 1.18. The van der Waals surface area contributed by atoms with Crippen LogP contribution in [0.25, 0.3) is 0 Å². The molecule has 0 N–H and O–H groups in total. The van der Waals surface area contributed by atoms with Crippen LogP contribution < -0.4 is 0 Å². The molecule has 13 heavy (non-hydrogen) atoms. The summed E-state index contributed by atoms with van der Waals surface area (Å²) in [6.07, 6.45) is 0. The monoisotopic (exact) mass is 200 g/mol. The van der Waals surface area contributed by atoms with E-state index >= 15 is 0 Å². The van der Waals surface area contributed by atoms with Gasteiger partial charge in [-0.3, -0.25) is 0 Å². The number of rotatable bonds is 2. The highest BCUT2D eigenvalue weighted by atomic mass is 32.1. The number of carbonyl (C=O) groups excluding carboxylic acids is 1. The molecular weight excluding hydrogens is 191 g/mol. The SMILES string of the molecule is CCOC(=O)c1ccc(F)cc1S. The van der Waals surface area contributed by atoms with Gasteiger partial charge in [0.1, 0.15) is 5.82 Å². The van der Waals surface area contributed by atoms with E-state index in [0.717, 1.165) is 0 Å². The summed E-state index contributed by atoms with van der Waals surface area (Å²) in [4.78, 5) is 11.5. The molecule has 0 heterocycles. The van der Waals surface area contributed by atoms with Crippen LogP contribution in [0.2, 0.25) is 0 Å². The standard InChI is InChI=1S/C9H9FO2S/c1-2-12-9(11)7-4-3-6(10)5-8(7)13/h3-5,13H,2H2,1H3. The topological polar surface area (TPSA) is 26.3 Å². The minimum Gasteiger partial charge on any atom is -0.462 e. The minimum atomic E-state index is -0.479. The zero-order valence-corrected chi connectivity index (χ0v) is 7.98. The Kier molecular flexibility index (Phi) is 3.31. The average Bonchev–Trinajstić information content (AvgIpc) is 2.04. The molecule has 0 aromatic heterocycles. The molecule has 0 radical (unpaired) electrons. The largest absolute Gasteiger partial charge is 0.462 e. The number of carbonyl (C=O) groups is 1. The molecule has 0 aliphatic carbocycles. The number of thiol groups is 1. The lowest BCUT2D eigenvalue weighted by atomic mass is 10.2. The second-order valence-corrected chi connectivity index (χ2v) is 2.86. The molecular formula is C9H9FO2S. The molecule has 0 fully saturated rings. The van der Waals surface area contributed by atoms with E-state index < -0.39 is 11.8 Å². The fourth-order valence-electron chi connectivity index (χ4n) is 0.886. The smallest absolute Gasteiger partial charge is 0.339 e. The van der Waals surface area contributed by atoms with E-state index in [0.29, 0.717) is 11.5 Å². The van der Waals surface area contributed by atoms with Crippen LogP contribution in [0.15, 0.2) is 23.1 Å². The third-order valence-electron chi connectivity index (χ3n) is 1.46. The van der Waals surface area contributed by atoms with Crippen LogP contribution in [-0.2, 0) is 4.74 Å². The van der Waals surface area contributed by atoms with Crippen molar-refractivity contribution in [2.45, 2.75) is 11.8 Å². The maximum absolute atomic E-state index is 12.6. The van der Waals surface area contributed by atoms with Gasteiger partial charge in [0.05, 0.1) is 12.2 Å². The van der Waals surface area contributed by atoms with Gasteiger partial charge in [-0.15, -0.1) is 12.6 Å². The van der Waals surface area contributed by atoms with Gasteiger partial charge in [-0.25, -0.2) is 9.18 Å². The summed E-state index contributed by atoms with van der Waals surface area (Å²) >= 11 is 3.96. The van der Waals surface area contributed by atoms with Crippen molar-refractivity contribution in [1.29, 1.82) is 0 Å². The van der Waals surface area contributed by atoms with Crippen molar-refractivity contribution in [2.24, 2.45) is 0 Å². The van der Waals surface area contributed by atoms with Crippen molar-refractivity contribution in [1.82, 2.24) is 0 Å². The summed E-state index contributed by atoms with van der Waals surface area (Å²) in [5.74, 6) is -0.898. The van der Waals surface area contributed by atoms with E-state index in [1.54, 1.807) is 6.92 Å². The maximum atomic E-state index is 12.6. The van der Waals surface area contributed by atoms with Gasteiger partial charge >= 0.3 is 5.97 Å². The fraction of sp³-hybridized carbons (Fsp3) is 0.222. The highest BCUT2D eigenvalue weighted by molar-refractivity contribution is 7.80. The Hall–Kier alpha value is -1.03. The molecule has 1 rings (SSSR count). The highest BCUT2D eigenvalue weighted by Gasteiger charge is 2.10. The quantitative estimate of drug-likeness (QED) is 0.585. The second kappa shape index (κ2) is 4.28. The van der Waals surface area contributed by atoms with Crippen molar-refractivity contribution in [3.8, 4) is 0 Å². The summed E-state index contributed by atoms with van der Waals surface area (Å²) in [7, 11) is 0. The van der Waals surface area contributed by atoms with Gasteiger partial charge in [-0.2, -0.15) is 0 Å². The third-order valence-corrected chi connectivity index (χ3v) is 1.83. The number of hydrogen-bond donors (Lipinski definition) is 1. The van der Waals surface area contributed by atoms with Gasteiger partial charge in [-0.1, -0.05) is 0 Å². The number of benzene rings is 1. The molecule has 1 aromatic rings. The Morgan fingerprint density at radius 1 is 1.62 bits per heavy atom. The average molecular weight is 200 g/mol. The molecule has 0 spiro atoms. The van der Waals surface area contributed by atoms with Crippen LogP contribution in [0, 0.1) is 5.82 Å². The van der Waals surface area contributed by atoms with Gasteiger partial charge < -0.3 is 4.74 Å². The van der Waals surface area contributed by atoms with Crippen molar-refractivity contribution in [3.63, 3.8) is 0 Å². The first-order chi connectivity index (χ1) is 6.15.